The molecule has 1 fully saturated rings. The average molecular weight is 291 g/mol. The van der Waals surface area contributed by atoms with E-state index in [1.54, 1.807) is 20.8 Å². The van der Waals surface area contributed by atoms with Crippen LogP contribution in [0.15, 0.2) is 30.3 Å². The van der Waals surface area contributed by atoms with E-state index in [0.717, 1.165) is 5.56 Å². The summed E-state index contributed by atoms with van der Waals surface area (Å²) in [6.45, 7) is 5.85. The van der Waals surface area contributed by atoms with Gasteiger partial charge in [-0.25, -0.2) is 4.79 Å². The zero-order valence-corrected chi connectivity index (χ0v) is 12.7. The van der Waals surface area contributed by atoms with E-state index in [1.165, 1.54) is 4.90 Å². The molecule has 114 valence electrons. The van der Waals surface area contributed by atoms with Gasteiger partial charge in [0.1, 0.15) is 5.72 Å². The SMILES string of the molecule is CCOC(=O)C(=O)N1C(Cc2ccccc2)COC1(C)C. The topological polar surface area (TPSA) is 55.8 Å². The average Bonchev–Trinajstić information content (AvgIpc) is 2.74. The van der Waals surface area contributed by atoms with E-state index in [-0.39, 0.29) is 12.6 Å². The summed E-state index contributed by atoms with van der Waals surface area (Å²) >= 11 is 0. The third kappa shape index (κ3) is 3.42. The zero-order valence-electron chi connectivity index (χ0n) is 12.7. The third-order valence-corrected chi connectivity index (χ3v) is 3.56. The van der Waals surface area contributed by atoms with E-state index in [9.17, 15) is 9.59 Å². The molecule has 0 bridgehead atoms. The van der Waals surface area contributed by atoms with Crippen LogP contribution >= 0.6 is 0 Å². The molecule has 0 N–H and O–H groups in total. The second-order valence-electron chi connectivity index (χ2n) is 5.50. The number of carbonyl (C=O) groups excluding carboxylic acids is 2. The van der Waals surface area contributed by atoms with Gasteiger partial charge in [-0.05, 0) is 32.8 Å². The van der Waals surface area contributed by atoms with Crippen molar-refractivity contribution in [1.29, 1.82) is 0 Å². The largest absolute Gasteiger partial charge is 0.459 e. The molecule has 1 heterocycles. The first kappa shape index (κ1) is 15.5. The number of ether oxygens (including phenoxy) is 2. The Morgan fingerprint density at radius 2 is 2.00 bits per heavy atom. The molecule has 0 aliphatic carbocycles. The van der Waals surface area contributed by atoms with Crippen LogP contribution < -0.4 is 0 Å². The lowest BCUT2D eigenvalue weighted by Gasteiger charge is -2.32. The van der Waals surface area contributed by atoms with E-state index in [2.05, 4.69) is 0 Å². The third-order valence-electron chi connectivity index (χ3n) is 3.56. The van der Waals surface area contributed by atoms with Crippen LogP contribution in [0.4, 0.5) is 0 Å². The molecular formula is C16H21NO4. The van der Waals surface area contributed by atoms with Crippen molar-refractivity contribution in [1.82, 2.24) is 4.90 Å². The van der Waals surface area contributed by atoms with Gasteiger partial charge in [-0.3, -0.25) is 9.69 Å². The van der Waals surface area contributed by atoms with Gasteiger partial charge in [0.05, 0.1) is 19.3 Å². The lowest BCUT2D eigenvalue weighted by Crippen LogP contribution is -2.51. The smallest absolute Gasteiger partial charge is 0.397 e. The number of esters is 1. The Morgan fingerprint density at radius 3 is 2.62 bits per heavy atom. The number of nitrogens with zero attached hydrogens (tertiary/aromatic N) is 1. The molecule has 0 radical (unpaired) electrons. The molecule has 5 nitrogen and oxygen atoms in total. The van der Waals surface area contributed by atoms with Crippen molar-refractivity contribution >= 4 is 11.9 Å². The lowest BCUT2D eigenvalue weighted by molar-refractivity contribution is -0.167. The summed E-state index contributed by atoms with van der Waals surface area (Å²) in [5.41, 5.74) is 0.300. The number of benzene rings is 1. The predicted molar refractivity (Wildman–Crippen MR) is 77.4 cm³/mol. The minimum atomic E-state index is -0.825. The zero-order chi connectivity index (χ0) is 15.5. The number of amides is 1. The highest BCUT2D eigenvalue weighted by Gasteiger charge is 2.46. The first-order valence-electron chi connectivity index (χ1n) is 7.14. The van der Waals surface area contributed by atoms with Gasteiger partial charge < -0.3 is 9.47 Å². The van der Waals surface area contributed by atoms with Gasteiger partial charge in [-0.15, -0.1) is 0 Å². The molecule has 21 heavy (non-hydrogen) atoms. The first-order valence-corrected chi connectivity index (χ1v) is 7.14. The first-order chi connectivity index (χ1) is 9.95. The number of rotatable bonds is 3. The molecule has 0 spiro atoms. The Labute approximate surface area is 124 Å². The fourth-order valence-corrected chi connectivity index (χ4v) is 2.62. The summed E-state index contributed by atoms with van der Waals surface area (Å²) in [5.74, 6) is -1.46. The number of hydrogen-bond acceptors (Lipinski definition) is 4. The molecule has 1 unspecified atom stereocenters. The van der Waals surface area contributed by atoms with Gasteiger partial charge in [-0.1, -0.05) is 30.3 Å². The normalized spacial score (nSPS) is 20.3. The maximum atomic E-state index is 12.3. The Balaban J connectivity index is 2.17. The molecule has 1 atom stereocenters. The van der Waals surface area contributed by atoms with E-state index in [4.69, 9.17) is 9.47 Å². The molecule has 1 saturated heterocycles. The molecule has 1 aromatic carbocycles. The fourth-order valence-electron chi connectivity index (χ4n) is 2.62. The molecule has 1 amide bonds. The highest BCUT2D eigenvalue weighted by molar-refractivity contribution is 6.32. The maximum absolute atomic E-state index is 12.3. The van der Waals surface area contributed by atoms with Crippen molar-refractivity contribution in [3.63, 3.8) is 0 Å². The van der Waals surface area contributed by atoms with E-state index >= 15 is 0 Å². The Kier molecular flexibility index (Phi) is 4.63. The summed E-state index contributed by atoms with van der Waals surface area (Å²) < 4.78 is 10.5. The Morgan fingerprint density at radius 1 is 1.33 bits per heavy atom. The maximum Gasteiger partial charge on any atom is 0.397 e. The van der Waals surface area contributed by atoms with E-state index < -0.39 is 17.6 Å². The van der Waals surface area contributed by atoms with Crippen LogP contribution in [0.5, 0.6) is 0 Å². The quantitative estimate of drug-likeness (QED) is 0.629. The van der Waals surface area contributed by atoms with Crippen molar-refractivity contribution in [3.8, 4) is 0 Å². The van der Waals surface area contributed by atoms with Crippen LogP contribution in [-0.4, -0.2) is 41.8 Å². The summed E-state index contributed by atoms with van der Waals surface area (Å²) in [6, 6.07) is 9.68. The second kappa shape index (κ2) is 6.26. The van der Waals surface area contributed by atoms with Gasteiger partial charge in [-0.2, -0.15) is 0 Å². The number of carbonyl (C=O) groups is 2. The van der Waals surface area contributed by atoms with Crippen LogP contribution in [0.2, 0.25) is 0 Å². The van der Waals surface area contributed by atoms with Crippen LogP contribution in [0, 0.1) is 0 Å². The molecule has 5 heteroatoms. The van der Waals surface area contributed by atoms with Crippen molar-refractivity contribution < 1.29 is 19.1 Å². The highest BCUT2D eigenvalue weighted by Crippen LogP contribution is 2.29. The van der Waals surface area contributed by atoms with E-state index in [1.807, 2.05) is 30.3 Å². The Bertz CT molecular complexity index is 512. The molecule has 1 aromatic rings. The van der Waals surface area contributed by atoms with Gasteiger partial charge in [0.15, 0.2) is 0 Å². The minimum Gasteiger partial charge on any atom is -0.459 e. The van der Waals surface area contributed by atoms with Gasteiger partial charge in [0.25, 0.3) is 0 Å². The van der Waals surface area contributed by atoms with Gasteiger partial charge >= 0.3 is 11.9 Å². The summed E-state index contributed by atoms with van der Waals surface area (Å²) in [6.07, 6.45) is 0.648. The molecule has 2 rings (SSSR count). The molecule has 0 aromatic heterocycles. The van der Waals surface area contributed by atoms with Gasteiger partial charge in [0.2, 0.25) is 0 Å². The predicted octanol–water partition coefficient (Wildman–Crippen LogP) is 1.76. The van der Waals surface area contributed by atoms with Gasteiger partial charge in [0, 0.05) is 0 Å². The van der Waals surface area contributed by atoms with Crippen molar-refractivity contribution in [2.24, 2.45) is 0 Å². The Hall–Kier alpha value is -1.88. The fraction of sp³-hybridized carbons (Fsp3) is 0.500. The molecule has 1 aliphatic heterocycles. The molecule has 1 aliphatic rings. The van der Waals surface area contributed by atoms with Crippen molar-refractivity contribution in [2.75, 3.05) is 13.2 Å². The standard InChI is InChI=1S/C16H21NO4/c1-4-20-15(19)14(18)17-13(11-21-16(17,2)3)10-12-8-6-5-7-9-12/h5-9,13H,4,10-11H2,1-3H3. The second-order valence-corrected chi connectivity index (χ2v) is 5.50. The van der Waals surface area contributed by atoms with Crippen molar-refractivity contribution in [3.05, 3.63) is 35.9 Å². The van der Waals surface area contributed by atoms with Crippen molar-refractivity contribution in [2.45, 2.75) is 39.0 Å². The van der Waals surface area contributed by atoms with Crippen LogP contribution in [0.25, 0.3) is 0 Å². The minimum absolute atomic E-state index is 0.167. The molecular weight excluding hydrogens is 270 g/mol. The highest BCUT2D eigenvalue weighted by atomic mass is 16.6. The van der Waals surface area contributed by atoms with Crippen LogP contribution in [-0.2, 0) is 25.5 Å². The summed E-state index contributed by atoms with van der Waals surface area (Å²) in [7, 11) is 0. The van der Waals surface area contributed by atoms with Crippen LogP contribution in [0.3, 0.4) is 0 Å². The van der Waals surface area contributed by atoms with E-state index in [0.29, 0.717) is 13.0 Å². The monoisotopic (exact) mass is 291 g/mol. The number of hydrogen-bond donors (Lipinski definition) is 0. The lowest BCUT2D eigenvalue weighted by atomic mass is 10.0. The summed E-state index contributed by atoms with van der Waals surface area (Å²) in [5, 5.41) is 0. The molecule has 0 saturated carbocycles. The summed E-state index contributed by atoms with van der Waals surface area (Å²) in [4.78, 5) is 25.6. The van der Waals surface area contributed by atoms with Crippen LogP contribution in [0.1, 0.15) is 26.3 Å².